The summed E-state index contributed by atoms with van der Waals surface area (Å²) < 4.78 is 15.9. The van der Waals surface area contributed by atoms with Gasteiger partial charge in [0, 0.05) is 53.9 Å². The zero-order valence-electron chi connectivity index (χ0n) is 19.1. The van der Waals surface area contributed by atoms with Crippen molar-refractivity contribution in [3.63, 3.8) is 0 Å². The fourth-order valence-electron chi connectivity index (χ4n) is 4.42. The second-order valence-corrected chi connectivity index (χ2v) is 10.7. The number of thioether (sulfide) groups is 1. The van der Waals surface area contributed by atoms with Crippen LogP contribution in [0, 0.1) is 5.82 Å². The van der Waals surface area contributed by atoms with Gasteiger partial charge < -0.3 is 19.9 Å². The van der Waals surface area contributed by atoms with E-state index in [1.165, 1.54) is 12.1 Å². The lowest BCUT2D eigenvalue weighted by Gasteiger charge is -2.34. The average Bonchev–Trinajstić information content (AvgIpc) is 3.05. The summed E-state index contributed by atoms with van der Waals surface area (Å²) in [5, 5.41) is 14.3. The first kappa shape index (κ1) is 24.1. The zero-order valence-corrected chi connectivity index (χ0v) is 21.5. The molecule has 0 spiro atoms. The second-order valence-electron chi connectivity index (χ2n) is 8.82. The molecule has 4 rings (SSSR count). The maximum Gasteiger partial charge on any atom is 0.253 e. The van der Waals surface area contributed by atoms with Crippen molar-refractivity contribution in [1.29, 1.82) is 0 Å². The normalized spacial score (nSPS) is 15.5. The van der Waals surface area contributed by atoms with Gasteiger partial charge in [0.05, 0.1) is 15.6 Å². The number of fused-ring (bicyclic) bond motifs is 1. The Labute approximate surface area is 206 Å². The average molecular weight is 534 g/mol. The molecule has 176 valence electrons. The van der Waals surface area contributed by atoms with E-state index in [0.717, 1.165) is 47.4 Å². The van der Waals surface area contributed by atoms with Gasteiger partial charge in [-0.1, -0.05) is 0 Å². The molecule has 33 heavy (non-hydrogen) atoms. The molecule has 0 unspecified atom stereocenters. The van der Waals surface area contributed by atoms with Crippen LogP contribution in [0.2, 0.25) is 0 Å². The van der Waals surface area contributed by atoms with Gasteiger partial charge in [-0.2, -0.15) is 0 Å². The highest BCUT2D eigenvalue weighted by Gasteiger charge is 2.27. The summed E-state index contributed by atoms with van der Waals surface area (Å²) in [6.45, 7) is 6.34. The quantitative estimate of drug-likeness (QED) is 0.400. The first-order valence-electron chi connectivity index (χ1n) is 11.2. The molecule has 0 bridgehead atoms. The molecule has 5 nitrogen and oxygen atoms in total. The smallest absolute Gasteiger partial charge is 0.253 e. The molecule has 1 aliphatic rings. The number of piperidine rings is 1. The van der Waals surface area contributed by atoms with E-state index in [9.17, 15) is 14.3 Å². The summed E-state index contributed by atoms with van der Waals surface area (Å²) in [6.07, 6.45) is 1.84. The van der Waals surface area contributed by atoms with E-state index >= 15 is 0 Å². The van der Waals surface area contributed by atoms with Gasteiger partial charge in [-0.3, -0.25) is 4.79 Å². The standard InChI is InChI=1S/C25H29BrFN3O2S/c1-15(2)30-10-8-17(9-11-30)28-25(32)24-19-12-23(31)20(26)13-21(19)29(3)22(24)14-33-18-6-4-16(27)5-7-18/h4-7,12-13,15,17,31H,8-11,14H2,1-3H3,(H,28,32). The Bertz CT molecular complexity index is 1150. The number of halogens is 2. The van der Waals surface area contributed by atoms with Crippen molar-refractivity contribution >= 4 is 44.5 Å². The number of hydrogen-bond donors (Lipinski definition) is 2. The van der Waals surface area contributed by atoms with Crippen molar-refractivity contribution in [2.75, 3.05) is 13.1 Å². The summed E-state index contributed by atoms with van der Waals surface area (Å²) in [5.74, 6) is 0.266. The number of nitrogens with one attached hydrogen (secondary N) is 1. The number of rotatable bonds is 6. The molecule has 1 aromatic heterocycles. The van der Waals surface area contributed by atoms with E-state index in [4.69, 9.17) is 0 Å². The molecule has 1 fully saturated rings. The van der Waals surface area contributed by atoms with Crippen LogP contribution in [-0.4, -0.2) is 45.7 Å². The van der Waals surface area contributed by atoms with Gasteiger partial charge in [-0.25, -0.2) is 4.39 Å². The molecule has 0 radical (unpaired) electrons. The maximum absolute atomic E-state index is 13.5. The van der Waals surface area contributed by atoms with E-state index in [2.05, 4.69) is 40.0 Å². The minimum absolute atomic E-state index is 0.102. The Kier molecular flexibility index (Phi) is 7.36. The molecule has 0 aliphatic carbocycles. The third-order valence-electron chi connectivity index (χ3n) is 6.40. The van der Waals surface area contributed by atoms with Crippen LogP contribution in [0.1, 0.15) is 42.7 Å². The molecule has 0 atom stereocenters. The third-order valence-corrected chi connectivity index (χ3v) is 8.06. The monoisotopic (exact) mass is 533 g/mol. The summed E-state index contributed by atoms with van der Waals surface area (Å²) >= 11 is 4.94. The van der Waals surface area contributed by atoms with Gasteiger partial charge >= 0.3 is 0 Å². The highest BCUT2D eigenvalue weighted by Crippen LogP contribution is 2.36. The van der Waals surface area contributed by atoms with Gasteiger partial charge in [-0.05, 0) is 79.0 Å². The minimum Gasteiger partial charge on any atom is -0.507 e. The van der Waals surface area contributed by atoms with Crippen molar-refractivity contribution in [3.8, 4) is 5.75 Å². The molecule has 2 aromatic carbocycles. The molecule has 1 amide bonds. The number of carbonyl (C=O) groups is 1. The summed E-state index contributed by atoms with van der Waals surface area (Å²) in [6, 6.07) is 10.5. The zero-order chi connectivity index (χ0) is 23.7. The summed E-state index contributed by atoms with van der Waals surface area (Å²) in [7, 11) is 1.93. The number of hydrogen-bond acceptors (Lipinski definition) is 4. The predicted octanol–water partition coefficient (Wildman–Crippen LogP) is 5.68. The number of carbonyl (C=O) groups excluding carboxylic acids is 1. The number of benzene rings is 2. The number of aromatic hydroxyl groups is 1. The predicted molar refractivity (Wildman–Crippen MR) is 135 cm³/mol. The Balaban J connectivity index is 1.63. The van der Waals surface area contributed by atoms with Crippen LogP contribution in [0.15, 0.2) is 45.8 Å². The lowest BCUT2D eigenvalue weighted by molar-refractivity contribution is 0.0901. The van der Waals surface area contributed by atoms with Gasteiger partial charge in [0.25, 0.3) is 5.91 Å². The van der Waals surface area contributed by atoms with E-state index in [0.29, 0.717) is 21.8 Å². The first-order valence-corrected chi connectivity index (χ1v) is 13.0. The second kappa shape index (κ2) is 10.1. The number of phenols is 1. The molecule has 2 N–H and O–H groups in total. The minimum atomic E-state index is -0.270. The highest BCUT2D eigenvalue weighted by atomic mass is 79.9. The number of nitrogens with zero attached hydrogens (tertiary/aromatic N) is 2. The van der Waals surface area contributed by atoms with Crippen molar-refractivity contribution in [1.82, 2.24) is 14.8 Å². The number of aryl methyl sites for hydroxylation is 1. The molecule has 8 heteroatoms. The van der Waals surface area contributed by atoms with Crippen LogP contribution in [0.3, 0.4) is 0 Å². The Morgan fingerprint density at radius 3 is 2.55 bits per heavy atom. The number of amides is 1. The Morgan fingerprint density at radius 2 is 1.91 bits per heavy atom. The third kappa shape index (κ3) is 5.23. The molecule has 2 heterocycles. The van der Waals surface area contributed by atoms with Crippen LogP contribution in [0.4, 0.5) is 4.39 Å². The first-order chi connectivity index (χ1) is 15.7. The molecule has 0 saturated carbocycles. The van der Waals surface area contributed by atoms with Crippen LogP contribution < -0.4 is 5.32 Å². The lowest BCUT2D eigenvalue weighted by atomic mass is 10.0. The van der Waals surface area contributed by atoms with Gasteiger partial charge in [0.15, 0.2) is 0 Å². The van der Waals surface area contributed by atoms with Gasteiger partial charge in [0.2, 0.25) is 0 Å². The topological polar surface area (TPSA) is 57.5 Å². The van der Waals surface area contributed by atoms with Crippen molar-refractivity contribution in [2.45, 2.75) is 49.4 Å². The SMILES string of the molecule is CC(C)N1CCC(NC(=O)c2c(CSc3ccc(F)cc3)n(C)c3cc(Br)c(O)cc23)CC1. The maximum atomic E-state index is 13.5. The fourth-order valence-corrected chi connectivity index (χ4v) is 5.72. The van der Waals surface area contributed by atoms with Crippen LogP contribution in [-0.2, 0) is 12.8 Å². The van der Waals surface area contributed by atoms with Crippen LogP contribution >= 0.6 is 27.7 Å². The number of likely N-dealkylation sites (tertiary alicyclic amines) is 1. The lowest BCUT2D eigenvalue weighted by Crippen LogP contribution is -2.46. The molecule has 1 aliphatic heterocycles. The van der Waals surface area contributed by atoms with Crippen molar-refractivity contribution in [3.05, 3.63) is 57.9 Å². The number of phenolic OH excluding ortho intramolecular Hbond substituents is 1. The van der Waals surface area contributed by atoms with Crippen LogP contribution in [0.25, 0.3) is 10.9 Å². The molecular weight excluding hydrogens is 505 g/mol. The van der Waals surface area contributed by atoms with Gasteiger partial charge in [0.1, 0.15) is 11.6 Å². The van der Waals surface area contributed by atoms with Crippen LogP contribution in [0.5, 0.6) is 5.75 Å². The highest BCUT2D eigenvalue weighted by molar-refractivity contribution is 9.10. The van der Waals surface area contributed by atoms with Crippen molar-refractivity contribution in [2.24, 2.45) is 7.05 Å². The molecule has 3 aromatic rings. The summed E-state index contributed by atoms with van der Waals surface area (Å²) in [4.78, 5) is 16.9. The van der Waals surface area contributed by atoms with Gasteiger partial charge in [-0.15, -0.1) is 11.8 Å². The molecule has 1 saturated heterocycles. The van der Waals surface area contributed by atoms with E-state index in [1.54, 1.807) is 30.0 Å². The van der Waals surface area contributed by atoms with Crippen molar-refractivity contribution < 1.29 is 14.3 Å². The van der Waals surface area contributed by atoms with E-state index in [1.807, 2.05) is 17.7 Å². The largest absolute Gasteiger partial charge is 0.507 e. The number of aromatic nitrogens is 1. The Morgan fingerprint density at radius 1 is 1.24 bits per heavy atom. The molecular formula is C25H29BrFN3O2S. The van der Waals surface area contributed by atoms with E-state index < -0.39 is 0 Å². The fraction of sp³-hybridized carbons (Fsp3) is 0.400. The summed E-state index contributed by atoms with van der Waals surface area (Å²) in [5.41, 5.74) is 2.33. The van der Waals surface area contributed by atoms with E-state index in [-0.39, 0.29) is 23.5 Å². The Hall–Kier alpha value is -2.03.